The number of fused-ring (bicyclic) bond motifs is 5. The van der Waals surface area contributed by atoms with Crippen molar-refractivity contribution in [3.63, 3.8) is 0 Å². The van der Waals surface area contributed by atoms with Crippen LogP contribution in [0.1, 0.15) is 56.2 Å². The van der Waals surface area contributed by atoms with E-state index in [0.717, 1.165) is 89.6 Å². The standard InChI is InChI=1S/C31H29N5O2/c37-30(38)35-31(17-7-18-31)22-15-13-21(14-16-22)27-26(20-8-2-1-3-9-20)34-29-23-10-4-5-11-24(23)33-28-25(36(27)29)12-6-19-32-28/h4-6,8,10-16,19,35H,1-3,7,9,17-18H2,(H,32,33)(H,37,38). The van der Waals surface area contributed by atoms with Crippen LogP contribution < -0.4 is 10.6 Å². The van der Waals surface area contributed by atoms with Gasteiger partial charge in [0.2, 0.25) is 0 Å². The topological polar surface area (TPSA) is 92.1 Å². The van der Waals surface area contributed by atoms with Crippen LogP contribution in [0.15, 0.2) is 72.9 Å². The molecule has 2 aliphatic carbocycles. The van der Waals surface area contributed by atoms with Crippen molar-refractivity contribution in [3.8, 4) is 28.3 Å². The molecule has 38 heavy (non-hydrogen) atoms. The van der Waals surface area contributed by atoms with Gasteiger partial charge in [-0.15, -0.1) is 0 Å². The molecule has 1 aliphatic heterocycles. The van der Waals surface area contributed by atoms with E-state index in [2.05, 4.69) is 68.7 Å². The molecule has 1 amide bonds. The lowest BCUT2D eigenvalue weighted by Crippen LogP contribution is -2.50. The third-order valence-corrected chi connectivity index (χ3v) is 8.19. The second-order valence-electron chi connectivity index (χ2n) is 10.4. The van der Waals surface area contributed by atoms with Crippen LogP contribution in [-0.2, 0) is 5.54 Å². The second-order valence-corrected chi connectivity index (χ2v) is 10.4. The third-order valence-electron chi connectivity index (χ3n) is 8.19. The van der Waals surface area contributed by atoms with Crippen molar-refractivity contribution in [1.29, 1.82) is 0 Å². The Morgan fingerprint density at radius 3 is 2.58 bits per heavy atom. The number of hydrogen-bond donors (Lipinski definition) is 3. The number of carbonyl (C=O) groups is 1. The number of para-hydroxylation sites is 1. The van der Waals surface area contributed by atoms with E-state index in [0.29, 0.717) is 0 Å². The van der Waals surface area contributed by atoms with Gasteiger partial charge in [0.15, 0.2) is 5.82 Å². The molecular weight excluding hydrogens is 474 g/mol. The lowest BCUT2D eigenvalue weighted by Gasteiger charge is -2.42. The normalized spacial score (nSPS) is 17.0. The molecule has 3 heterocycles. The lowest BCUT2D eigenvalue weighted by molar-refractivity contribution is 0.144. The Morgan fingerprint density at radius 2 is 1.84 bits per heavy atom. The van der Waals surface area contributed by atoms with Gasteiger partial charge in [0, 0.05) is 17.3 Å². The number of imidazole rings is 1. The SMILES string of the molecule is O=C(O)NC1(c2ccc(-c3c(C4=CCCCC4)nc4n3-c3cccnc3Nc3ccccc3-4)cc2)CCC1. The average Bonchev–Trinajstić information content (AvgIpc) is 3.26. The van der Waals surface area contributed by atoms with E-state index in [9.17, 15) is 9.90 Å². The number of pyridine rings is 1. The molecule has 1 fully saturated rings. The van der Waals surface area contributed by atoms with E-state index in [1.54, 1.807) is 0 Å². The summed E-state index contributed by atoms with van der Waals surface area (Å²) < 4.78 is 2.25. The molecule has 7 rings (SSSR count). The summed E-state index contributed by atoms with van der Waals surface area (Å²) in [5.41, 5.74) is 7.88. The van der Waals surface area contributed by atoms with Gasteiger partial charge in [0.05, 0.1) is 28.3 Å². The van der Waals surface area contributed by atoms with Crippen molar-refractivity contribution >= 4 is 23.2 Å². The molecule has 2 aromatic heterocycles. The molecule has 3 N–H and O–H groups in total. The molecule has 7 heteroatoms. The number of amides is 1. The third kappa shape index (κ3) is 3.61. The highest BCUT2D eigenvalue weighted by molar-refractivity contribution is 5.89. The molecular formula is C31H29N5O2. The number of benzene rings is 2. The molecule has 2 aromatic carbocycles. The molecule has 3 aliphatic rings. The predicted molar refractivity (Wildman–Crippen MR) is 149 cm³/mol. The minimum Gasteiger partial charge on any atom is -0.465 e. The highest BCUT2D eigenvalue weighted by Gasteiger charge is 2.40. The first-order valence-corrected chi connectivity index (χ1v) is 13.4. The summed E-state index contributed by atoms with van der Waals surface area (Å²) in [7, 11) is 0. The molecule has 0 spiro atoms. The van der Waals surface area contributed by atoms with Gasteiger partial charge in [0.1, 0.15) is 5.82 Å². The van der Waals surface area contributed by atoms with Gasteiger partial charge in [0.25, 0.3) is 0 Å². The van der Waals surface area contributed by atoms with Crippen molar-refractivity contribution < 1.29 is 9.90 Å². The molecule has 1 saturated carbocycles. The van der Waals surface area contributed by atoms with E-state index < -0.39 is 11.6 Å². The lowest BCUT2D eigenvalue weighted by atomic mass is 9.71. The second kappa shape index (κ2) is 8.87. The predicted octanol–water partition coefficient (Wildman–Crippen LogP) is 7.26. The van der Waals surface area contributed by atoms with Gasteiger partial charge in [-0.05, 0) is 80.3 Å². The van der Waals surface area contributed by atoms with Gasteiger partial charge in [-0.3, -0.25) is 4.57 Å². The number of aromatic nitrogens is 3. The first kappa shape index (κ1) is 22.8. The van der Waals surface area contributed by atoms with Crippen molar-refractivity contribution in [2.24, 2.45) is 0 Å². The maximum atomic E-state index is 11.5. The number of allylic oxidation sites excluding steroid dienone is 2. The minimum atomic E-state index is -0.975. The van der Waals surface area contributed by atoms with Crippen LogP contribution in [0.25, 0.3) is 33.9 Å². The van der Waals surface area contributed by atoms with Crippen LogP contribution in [0.3, 0.4) is 0 Å². The Balaban J connectivity index is 1.46. The minimum absolute atomic E-state index is 0.493. The van der Waals surface area contributed by atoms with E-state index in [4.69, 9.17) is 4.98 Å². The first-order chi connectivity index (χ1) is 18.6. The number of nitrogens with one attached hydrogen (secondary N) is 2. The van der Waals surface area contributed by atoms with Crippen molar-refractivity contribution in [2.45, 2.75) is 50.5 Å². The quantitative estimate of drug-likeness (QED) is 0.240. The van der Waals surface area contributed by atoms with E-state index in [-0.39, 0.29) is 0 Å². The van der Waals surface area contributed by atoms with E-state index in [1.165, 1.54) is 12.0 Å². The Morgan fingerprint density at radius 1 is 1.00 bits per heavy atom. The maximum Gasteiger partial charge on any atom is 0.405 e. The highest BCUT2D eigenvalue weighted by atomic mass is 16.4. The molecule has 0 bridgehead atoms. The number of carboxylic acid groups (broad SMARTS) is 1. The highest BCUT2D eigenvalue weighted by Crippen LogP contribution is 2.46. The molecule has 7 nitrogen and oxygen atoms in total. The van der Waals surface area contributed by atoms with Gasteiger partial charge >= 0.3 is 6.09 Å². The summed E-state index contributed by atoms with van der Waals surface area (Å²) in [4.78, 5) is 21.5. The largest absolute Gasteiger partial charge is 0.465 e. The molecule has 4 aromatic rings. The summed E-state index contributed by atoms with van der Waals surface area (Å²) in [6, 6.07) is 20.7. The summed E-state index contributed by atoms with van der Waals surface area (Å²) in [5.74, 6) is 1.68. The van der Waals surface area contributed by atoms with Gasteiger partial charge in [-0.25, -0.2) is 14.8 Å². The van der Waals surface area contributed by atoms with Gasteiger partial charge < -0.3 is 15.7 Å². The van der Waals surface area contributed by atoms with Crippen molar-refractivity contribution in [2.75, 3.05) is 5.32 Å². The summed E-state index contributed by atoms with van der Waals surface area (Å²) >= 11 is 0. The Hall–Kier alpha value is -4.39. The van der Waals surface area contributed by atoms with Crippen molar-refractivity contribution in [3.05, 3.63) is 84.2 Å². The zero-order chi connectivity index (χ0) is 25.7. The van der Waals surface area contributed by atoms with E-state index >= 15 is 0 Å². The fourth-order valence-corrected chi connectivity index (χ4v) is 6.14. The van der Waals surface area contributed by atoms with Crippen molar-refractivity contribution in [1.82, 2.24) is 19.9 Å². The van der Waals surface area contributed by atoms with Gasteiger partial charge in [-0.2, -0.15) is 0 Å². The first-order valence-electron chi connectivity index (χ1n) is 13.4. The Labute approximate surface area is 221 Å². The Kier molecular flexibility index (Phi) is 5.32. The fraction of sp³-hybridized carbons (Fsp3) is 0.258. The van der Waals surface area contributed by atoms with Crippen LogP contribution in [-0.4, -0.2) is 25.7 Å². The number of nitrogens with zero attached hydrogens (tertiary/aromatic N) is 3. The monoisotopic (exact) mass is 503 g/mol. The van der Waals surface area contributed by atoms with Crippen LogP contribution in [0.2, 0.25) is 0 Å². The van der Waals surface area contributed by atoms with Crippen LogP contribution in [0.5, 0.6) is 0 Å². The zero-order valence-electron chi connectivity index (χ0n) is 21.1. The summed E-state index contributed by atoms with van der Waals surface area (Å²) in [6.45, 7) is 0. The average molecular weight is 504 g/mol. The molecule has 0 radical (unpaired) electrons. The van der Waals surface area contributed by atoms with Crippen LogP contribution in [0, 0.1) is 0 Å². The van der Waals surface area contributed by atoms with Crippen LogP contribution >= 0.6 is 0 Å². The molecule has 0 saturated heterocycles. The molecule has 0 unspecified atom stereocenters. The smallest absolute Gasteiger partial charge is 0.405 e. The molecule has 190 valence electrons. The molecule has 0 atom stereocenters. The van der Waals surface area contributed by atoms with E-state index in [1.807, 2.05) is 24.4 Å². The summed E-state index contributed by atoms with van der Waals surface area (Å²) in [5, 5.41) is 15.8. The fourth-order valence-electron chi connectivity index (χ4n) is 6.14. The zero-order valence-corrected chi connectivity index (χ0v) is 21.1. The summed E-state index contributed by atoms with van der Waals surface area (Å²) in [6.07, 6.45) is 10.3. The number of anilines is 2. The number of rotatable bonds is 4. The Bertz CT molecular complexity index is 1580. The number of hydrogen-bond acceptors (Lipinski definition) is 4. The maximum absolute atomic E-state index is 11.5. The van der Waals surface area contributed by atoms with Crippen LogP contribution in [0.4, 0.5) is 16.3 Å². The van der Waals surface area contributed by atoms with Gasteiger partial charge in [-0.1, -0.05) is 42.5 Å².